The quantitative estimate of drug-likeness (QED) is 0.710. The first-order chi connectivity index (χ1) is 9.95. The van der Waals surface area contributed by atoms with Gasteiger partial charge in [0.2, 0.25) is 0 Å². The zero-order valence-corrected chi connectivity index (χ0v) is 14.4. The zero-order valence-electron chi connectivity index (χ0n) is 14.4. The second kappa shape index (κ2) is 10.2. The lowest BCUT2D eigenvalue weighted by Gasteiger charge is -2.11. The summed E-state index contributed by atoms with van der Waals surface area (Å²) in [7, 11) is 0. The van der Waals surface area contributed by atoms with Gasteiger partial charge in [0.15, 0.2) is 0 Å². The maximum Gasteiger partial charge on any atom is 0.0761 e. The highest BCUT2D eigenvalue weighted by atomic mass is 16.3. The summed E-state index contributed by atoms with van der Waals surface area (Å²) in [6, 6.07) is 6.55. The molecule has 1 nitrogen and oxygen atoms in total. The van der Waals surface area contributed by atoms with E-state index in [2.05, 4.69) is 51.6 Å². The van der Waals surface area contributed by atoms with Crippen LogP contribution in [-0.4, -0.2) is 11.2 Å². The minimum atomic E-state index is -0.471. The van der Waals surface area contributed by atoms with E-state index in [1.54, 1.807) is 13.0 Å². The van der Waals surface area contributed by atoms with Crippen LogP contribution >= 0.6 is 0 Å². The Hall–Kier alpha value is -1.60. The molecule has 2 unspecified atom stereocenters. The summed E-state index contributed by atoms with van der Waals surface area (Å²) in [6.45, 7) is 15.8. The molecule has 0 spiro atoms. The molecule has 1 aromatic carbocycles. The van der Waals surface area contributed by atoms with E-state index in [1.165, 1.54) is 16.7 Å². The van der Waals surface area contributed by atoms with Crippen molar-refractivity contribution in [2.75, 3.05) is 0 Å². The number of benzene rings is 1. The third-order valence-electron chi connectivity index (χ3n) is 3.43. The lowest BCUT2D eigenvalue weighted by Crippen LogP contribution is -2.02. The normalized spacial score (nSPS) is 14.3. The Labute approximate surface area is 130 Å². The average molecular weight is 286 g/mol. The molecule has 0 aliphatic carbocycles. The molecular formula is C20H30O. The van der Waals surface area contributed by atoms with Gasteiger partial charge < -0.3 is 5.11 Å². The van der Waals surface area contributed by atoms with Gasteiger partial charge in [0, 0.05) is 0 Å². The summed E-state index contributed by atoms with van der Waals surface area (Å²) in [4.78, 5) is 0. The van der Waals surface area contributed by atoms with Crippen LogP contribution in [0.5, 0.6) is 0 Å². The van der Waals surface area contributed by atoms with Crippen molar-refractivity contribution in [3.8, 4) is 0 Å². The van der Waals surface area contributed by atoms with E-state index in [0.29, 0.717) is 5.92 Å². The standard InChI is InChI=1S/C18H24O.C2H6/c1-6-7-17(16(5)19)10-9-14(3)18-11-8-13(2)15(4)12-18;1-2/h6-12,14,16,19H,1H2,2-5H3;1-2H3/b10-9-,17-7+;. The van der Waals surface area contributed by atoms with Gasteiger partial charge in [-0.25, -0.2) is 0 Å². The number of aryl methyl sites for hydroxylation is 2. The highest BCUT2D eigenvalue weighted by molar-refractivity contribution is 5.35. The van der Waals surface area contributed by atoms with Crippen LogP contribution in [0.4, 0.5) is 0 Å². The van der Waals surface area contributed by atoms with Gasteiger partial charge in [-0.1, -0.05) is 69.9 Å². The van der Waals surface area contributed by atoms with Crippen LogP contribution in [-0.2, 0) is 0 Å². The van der Waals surface area contributed by atoms with Gasteiger partial charge in [-0.15, -0.1) is 0 Å². The second-order valence-electron chi connectivity index (χ2n) is 5.07. The minimum absolute atomic E-state index is 0.325. The van der Waals surface area contributed by atoms with Crippen molar-refractivity contribution >= 4 is 0 Å². The molecule has 0 fully saturated rings. The van der Waals surface area contributed by atoms with Gasteiger partial charge in [-0.05, 0) is 49.0 Å². The topological polar surface area (TPSA) is 20.2 Å². The molecule has 1 heteroatoms. The first-order valence-corrected chi connectivity index (χ1v) is 7.71. The molecule has 1 N–H and O–H groups in total. The second-order valence-corrected chi connectivity index (χ2v) is 5.07. The predicted octanol–water partition coefficient (Wildman–Crippen LogP) is 5.48. The maximum absolute atomic E-state index is 9.64. The van der Waals surface area contributed by atoms with Crippen LogP contribution < -0.4 is 0 Å². The molecule has 0 heterocycles. The smallest absolute Gasteiger partial charge is 0.0761 e. The van der Waals surface area contributed by atoms with Gasteiger partial charge in [0.1, 0.15) is 0 Å². The molecule has 1 rings (SSSR count). The van der Waals surface area contributed by atoms with Crippen LogP contribution in [0.15, 0.2) is 54.7 Å². The SMILES string of the molecule is C=C/C=C(\C=C/C(C)c1ccc(C)c(C)c1)C(C)O.CC. The fourth-order valence-corrected chi connectivity index (χ4v) is 1.88. The van der Waals surface area contributed by atoms with Gasteiger partial charge >= 0.3 is 0 Å². The van der Waals surface area contributed by atoms with Crippen LogP contribution in [0, 0.1) is 13.8 Å². The van der Waals surface area contributed by atoms with E-state index in [0.717, 1.165) is 5.57 Å². The highest BCUT2D eigenvalue weighted by Crippen LogP contribution is 2.20. The molecule has 116 valence electrons. The van der Waals surface area contributed by atoms with Gasteiger partial charge in [-0.2, -0.15) is 0 Å². The first kappa shape index (κ1) is 19.4. The van der Waals surface area contributed by atoms with Crippen LogP contribution in [0.3, 0.4) is 0 Å². The summed E-state index contributed by atoms with van der Waals surface area (Å²) < 4.78 is 0. The van der Waals surface area contributed by atoms with E-state index in [4.69, 9.17) is 0 Å². The van der Waals surface area contributed by atoms with Crippen molar-refractivity contribution in [1.82, 2.24) is 0 Å². The fraction of sp³-hybridized carbons (Fsp3) is 0.400. The molecule has 2 atom stereocenters. The minimum Gasteiger partial charge on any atom is -0.389 e. The van der Waals surface area contributed by atoms with Crippen molar-refractivity contribution in [2.45, 2.75) is 53.6 Å². The van der Waals surface area contributed by atoms with Crippen molar-refractivity contribution in [2.24, 2.45) is 0 Å². The zero-order chi connectivity index (χ0) is 16.4. The van der Waals surface area contributed by atoms with Crippen molar-refractivity contribution < 1.29 is 5.11 Å². The van der Waals surface area contributed by atoms with E-state index in [-0.39, 0.29) is 0 Å². The Morgan fingerprint density at radius 2 is 1.76 bits per heavy atom. The summed E-state index contributed by atoms with van der Waals surface area (Å²) in [6.07, 6.45) is 7.17. The van der Waals surface area contributed by atoms with Crippen LogP contribution in [0.2, 0.25) is 0 Å². The summed E-state index contributed by atoms with van der Waals surface area (Å²) in [5, 5.41) is 9.64. The Balaban J connectivity index is 0.00000191. The third kappa shape index (κ3) is 6.59. The Morgan fingerprint density at radius 1 is 1.14 bits per heavy atom. The molecule has 1 aromatic rings. The molecule has 0 aliphatic heterocycles. The molecule has 0 bridgehead atoms. The Morgan fingerprint density at radius 3 is 2.24 bits per heavy atom. The summed E-state index contributed by atoms with van der Waals surface area (Å²) >= 11 is 0. The average Bonchev–Trinajstić information content (AvgIpc) is 2.47. The fourth-order valence-electron chi connectivity index (χ4n) is 1.88. The monoisotopic (exact) mass is 286 g/mol. The number of allylic oxidation sites excluding steroid dienone is 3. The van der Waals surface area contributed by atoms with Gasteiger partial charge in [0.25, 0.3) is 0 Å². The van der Waals surface area contributed by atoms with Crippen LogP contribution in [0.1, 0.15) is 50.3 Å². The van der Waals surface area contributed by atoms with Gasteiger partial charge in [0.05, 0.1) is 6.10 Å². The lowest BCUT2D eigenvalue weighted by atomic mass is 9.95. The number of hydrogen-bond acceptors (Lipinski definition) is 1. The highest BCUT2D eigenvalue weighted by Gasteiger charge is 2.05. The number of aliphatic hydroxyl groups excluding tert-OH is 1. The van der Waals surface area contributed by atoms with E-state index in [9.17, 15) is 5.11 Å². The molecule has 0 saturated carbocycles. The third-order valence-corrected chi connectivity index (χ3v) is 3.43. The molecule has 0 saturated heterocycles. The summed E-state index contributed by atoms with van der Waals surface area (Å²) in [5.74, 6) is 0.325. The number of rotatable bonds is 5. The molecule has 0 aromatic heterocycles. The van der Waals surface area contributed by atoms with E-state index in [1.807, 2.05) is 26.0 Å². The number of hydrogen-bond donors (Lipinski definition) is 1. The van der Waals surface area contributed by atoms with Crippen molar-refractivity contribution in [3.63, 3.8) is 0 Å². The molecular weight excluding hydrogens is 256 g/mol. The number of aliphatic hydroxyl groups is 1. The van der Waals surface area contributed by atoms with E-state index >= 15 is 0 Å². The predicted molar refractivity (Wildman–Crippen MR) is 94.8 cm³/mol. The Bertz CT molecular complexity index is 493. The lowest BCUT2D eigenvalue weighted by molar-refractivity contribution is 0.235. The van der Waals surface area contributed by atoms with Crippen molar-refractivity contribution in [3.05, 3.63) is 71.3 Å². The molecule has 0 radical (unpaired) electrons. The molecule has 0 aliphatic rings. The summed E-state index contributed by atoms with van der Waals surface area (Å²) in [5.41, 5.74) is 4.81. The maximum atomic E-state index is 9.64. The molecule has 0 amide bonds. The molecule has 21 heavy (non-hydrogen) atoms. The first-order valence-electron chi connectivity index (χ1n) is 7.71. The van der Waals surface area contributed by atoms with Crippen LogP contribution in [0.25, 0.3) is 0 Å². The van der Waals surface area contributed by atoms with Gasteiger partial charge in [-0.3, -0.25) is 0 Å². The largest absolute Gasteiger partial charge is 0.389 e. The Kier molecular flexibility index (Phi) is 9.40. The van der Waals surface area contributed by atoms with E-state index < -0.39 is 6.10 Å². The van der Waals surface area contributed by atoms with Crippen molar-refractivity contribution in [1.29, 1.82) is 0 Å².